The lowest BCUT2D eigenvalue weighted by atomic mass is 9.95. The fraction of sp³-hybridized carbons (Fsp3) is 0.429. The molecule has 8 nitrogen and oxygen atoms in total. The second-order valence-corrected chi connectivity index (χ2v) is 12.9. The summed E-state index contributed by atoms with van der Waals surface area (Å²) in [6.45, 7) is 6.25. The standard InChI is InChI=1S/C28H33F4N3O5S/c1-6-41(39,40)19-10-7-17(8-11-19)22(15-37)33-25(38)24-16(2)35(26(34-24)27(3,4)5)13-18-9-12-21(29)20(14-36)23(18)28(30,31)32/h7-12,22,36-37H,6,13-15H2,1-5H3,(H,33,38)/t22-/m0/s1. The Morgan fingerprint density at radius 1 is 1.07 bits per heavy atom. The van der Waals surface area contributed by atoms with Gasteiger partial charge in [-0.3, -0.25) is 4.79 Å². The monoisotopic (exact) mass is 599 g/mol. The summed E-state index contributed by atoms with van der Waals surface area (Å²) in [6, 6.07) is 6.63. The van der Waals surface area contributed by atoms with Gasteiger partial charge in [0.05, 0.1) is 35.5 Å². The van der Waals surface area contributed by atoms with Crippen LogP contribution < -0.4 is 5.32 Å². The lowest BCUT2D eigenvalue weighted by molar-refractivity contribution is -0.139. The average Bonchev–Trinajstić information content (AvgIpc) is 3.23. The molecule has 0 fully saturated rings. The van der Waals surface area contributed by atoms with Gasteiger partial charge in [0.2, 0.25) is 0 Å². The third-order valence-electron chi connectivity index (χ3n) is 6.73. The predicted octanol–water partition coefficient (Wildman–Crippen LogP) is 4.44. The molecule has 2 aromatic carbocycles. The summed E-state index contributed by atoms with van der Waals surface area (Å²) in [5.74, 6) is -1.69. The van der Waals surface area contributed by atoms with Crippen molar-refractivity contribution in [3.63, 3.8) is 0 Å². The third-order valence-corrected chi connectivity index (χ3v) is 8.48. The number of hydrogen-bond acceptors (Lipinski definition) is 6. The Kier molecular flexibility index (Phi) is 9.36. The zero-order chi connectivity index (χ0) is 30.9. The van der Waals surface area contributed by atoms with Crippen molar-refractivity contribution in [2.24, 2.45) is 0 Å². The second-order valence-electron chi connectivity index (χ2n) is 10.6. The van der Waals surface area contributed by atoms with Crippen LogP contribution in [0.5, 0.6) is 0 Å². The number of sulfone groups is 1. The minimum atomic E-state index is -4.95. The summed E-state index contributed by atoms with van der Waals surface area (Å²) in [6.07, 6.45) is -4.95. The highest BCUT2D eigenvalue weighted by Gasteiger charge is 2.38. The van der Waals surface area contributed by atoms with Crippen LogP contribution in [0.2, 0.25) is 0 Å². The van der Waals surface area contributed by atoms with E-state index in [1.54, 1.807) is 20.8 Å². The van der Waals surface area contributed by atoms with Crippen molar-refractivity contribution in [3.05, 3.63) is 81.7 Å². The number of aliphatic hydroxyl groups is 2. The van der Waals surface area contributed by atoms with E-state index < -0.39 is 70.1 Å². The molecule has 1 aromatic heterocycles. The lowest BCUT2D eigenvalue weighted by Gasteiger charge is -2.23. The smallest absolute Gasteiger partial charge is 0.394 e. The summed E-state index contributed by atoms with van der Waals surface area (Å²) in [5.41, 5.74) is -2.61. The van der Waals surface area contributed by atoms with Gasteiger partial charge in [-0.25, -0.2) is 17.8 Å². The van der Waals surface area contributed by atoms with Gasteiger partial charge in [-0.2, -0.15) is 13.2 Å². The molecule has 224 valence electrons. The number of nitrogens with one attached hydrogen (secondary N) is 1. The minimum absolute atomic E-state index is 0.0865. The normalized spacial score (nSPS) is 13.3. The number of hydrogen-bond donors (Lipinski definition) is 3. The number of halogens is 4. The van der Waals surface area contributed by atoms with E-state index in [9.17, 15) is 41.0 Å². The lowest BCUT2D eigenvalue weighted by Crippen LogP contribution is -2.31. The summed E-state index contributed by atoms with van der Waals surface area (Å²) in [4.78, 5) is 17.9. The van der Waals surface area contributed by atoms with Crippen LogP contribution in [0.1, 0.15) is 78.0 Å². The molecule has 1 atom stereocenters. The number of rotatable bonds is 9. The van der Waals surface area contributed by atoms with Gasteiger partial charge in [0.1, 0.15) is 17.3 Å². The summed E-state index contributed by atoms with van der Waals surface area (Å²) in [7, 11) is -3.45. The Bertz CT molecular complexity index is 1530. The van der Waals surface area contributed by atoms with Crippen LogP contribution in [-0.2, 0) is 34.6 Å². The van der Waals surface area contributed by atoms with Crippen LogP contribution in [0.4, 0.5) is 17.6 Å². The van der Waals surface area contributed by atoms with Gasteiger partial charge in [-0.1, -0.05) is 45.9 Å². The van der Waals surface area contributed by atoms with Crippen LogP contribution in [0.3, 0.4) is 0 Å². The van der Waals surface area contributed by atoms with Crippen molar-refractivity contribution in [3.8, 4) is 0 Å². The number of benzene rings is 2. The van der Waals surface area contributed by atoms with Crippen LogP contribution >= 0.6 is 0 Å². The number of carbonyl (C=O) groups excluding carboxylic acids is 1. The van der Waals surface area contributed by atoms with E-state index in [-0.39, 0.29) is 33.4 Å². The Balaban J connectivity index is 2.03. The van der Waals surface area contributed by atoms with Gasteiger partial charge >= 0.3 is 6.18 Å². The molecule has 0 unspecified atom stereocenters. The molecule has 3 N–H and O–H groups in total. The number of imidazole rings is 1. The van der Waals surface area contributed by atoms with Gasteiger partial charge in [-0.15, -0.1) is 0 Å². The second kappa shape index (κ2) is 11.9. The van der Waals surface area contributed by atoms with E-state index in [2.05, 4.69) is 10.3 Å². The molecule has 0 saturated carbocycles. The van der Waals surface area contributed by atoms with Crippen LogP contribution in [-0.4, -0.2) is 46.4 Å². The predicted molar refractivity (Wildman–Crippen MR) is 144 cm³/mol. The number of nitrogens with zero attached hydrogens (tertiary/aromatic N) is 2. The fourth-order valence-corrected chi connectivity index (χ4v) is 5.41. The quantitative estimate of drug-likeness (QED) is 0.313. The molecule has 0 spiro atoms. The highest BCUT2D eigenvalue weighted by Crippen LogP contribution is 2.37. The first-order valence-corrected chi connectivity index (χ1v) is 14.4. The van der Waals surface area contributed by atoms with Gasteiger partial charge < -0.3 is 20.1 Å². The molecule has 0 radical (unpaired) electrons. The largest absolute Gasteiger partial charge is 0.417 e. The Morgan fingerprint density at radius 3 is 2.17 bits per heavy atom. The van der Waals surface area contributed by atoms with Gasteiger partial charge in [0.25, 0.3) is 5.91 Å². The number of aliphatic hydroxyl groups excluding tert-OH is 2. The van der Waals surface area contributed by atoms with E-state index in [1.165, 1.54) is 42.7 Å². The van der Waals surface area contributed by atoms with Gasteiger partial charge in [-0.05, 0) is 36.2 Å². The maximum absolute atomic E-state index is 14.2. The zero-order valence-electron chi connectivity index (χ0n) is 23.3. The van der Waals surface area contributed by atoms with E-state index in [0.717, 1.165) is 12.1 Å². The third kappa shape index (κ3) is 6.79. The molecule has 13 heteroatoms. The first-order valence-electron chi connectivity index (χ1n) is 12.8. The van der Waals surface area contributed by atoms with E-state index in [0.29, 0.717) is 5.56 Å². The van der Waals surface area contributed by atoms with Crippen molar-refractivity contribution in [2.45, 2.75) is 70.3 Å². The zero-order valence-corrected chi connectivity index (χ0v) is 24.1. The molecule has 3 aromatic rings. The van der Waals surface area contributed by atoms with Crippen LogP contribution in [0.15, 0.2) is 41.3 Å². The Hall–Kier alpha value is -3.29. The number of alkyl halides is 3. The van der Waals surface area contributed by atoms with Crippen molar-refractivity contribution < 1.29 is 41.0 Å². The van der Waals surface area contributed by atoms with Crippen LogP contribution in [0.25, 0.3) is 0 Å². The summed E-state index contributed by atoms with van der Waals surface area (Å²) in [5, 5.41) is 22.1. The number of amides is 1. The molecule has 1 amide bonds. The highest BCUT2D eigenvalue weighted by molar-refractivity contribution is 7.91. The van der Waals surface area contributed by atoms with Gasteiger partial charge in [0.15, 0.2) is 9.84 Å². The number of carbonyl (C=O) groups is 1. The first-order chi connectivity index (χ1) is 19.0. The number of aromatic nitrogens is 2. The molecule has 0 saturated heterocycles. The highest BCUT2D eigenvalue weighted by atomic mass is 32.2. The van der Waals surface area contributed by atoms with E-state index >= 15 is 0 Å². The SMILES string of the molecule is CCS(=O)(=O)c1ccc([C@H](CO)NC(=O)c2nc(C(C)(C)C)n(Cc3ccc(F)c(CO)c3C(F)(F)F)c2C)cc1. The molecule has 0 aliphatic carbocycles. The van der Waals surface area contributed by atoms with Gasteiger partial charge in [0, 0.05) is 23.2 Å². The topological polar surface area (TPSA) is 122 Å². The average molecular weight is 600 g/mol. The molecule has 0 aliphatic heterocycles. The maximum atomic E-state index is 14.2. The summed E-state index contributed by atoms with van der Waals surface area (Å²) >= 11 is 0. The fourth-order valence-electron chi connectivity index (χ4n) is 4.53. The molecular formula is C28H33F4N3O5S. The molecular weight excluding hydrogens is 566 g/mol. The Morgan fingerprint density at radius 2 is 1.68 bits per heavy atom. The maximum Gasteiger partial charge on any atom is 0.417 e. The van der Waals surface area contributed by atoms with Crippen LogP contribution in [0, 0.1) is 12.7 Å². The molecule has 41 heavy (non-hydrogen) atoms. The van der Waals surface area contributed by atoms with Crippen molar-refractivity contribution in [2.75, 3.05) is 12.4 Å². The molecule has 3 rings (SSSR count). The van der Waals surface area contributed by atoms with Crippen molar-refractivity contribution in [1.29, 1.82) is 0 Å². The molecule has 0 aliphatic rings. The van der Waals surface area contributed by atoms with Crippen molar-refractivity contribution >= 4 is 15.7 Å². The Labute approximate surface area is 236 Å². The van der Waals surface area contributed by atoms with E-state index in [1.807, 2.05) is 0 Å². The van der Waals surface area contributed by atoms with E-state index in [4.69, 9.17) is 0 Å². The minimum Gasteiger partial charge on any atom is -0.394 e. The summed E-state index contributed by atoms with van der Waals surface area (Å²) < 4.78 is 81.7. The van der Waals surface area contributed by atoms with Crippen molar-refractivity contribution in [1.82, 2.24) is 14.9 Å². The first kappa shape index (κ1) is 32.2. The molecule has 0 bridgehead atoms. The molecule has 1 heterocycles.